The fourth-order valence-corrected chi connectivity index (χ4v) is 2.99. The molecule has 1 aliphatic carbocycles. The summed E-state index contributed by atoms with van der Waals surface area (Å²) >= 11 is 6.27. The summed E-state index contributed by atoms with van der Waals surface area (Å²) in [5.41, 5.74) is -0.750. The molecule has 0 aliphatic heterocycles. The predicted octanol–water partition coefficient (Wildman–Crippen LogP) is 3.15. The highest BCUT2D eigenvalue weighted by atomic mass is 35.5. The number of halogens is 1. The average molecular weight is 247 g/mol. The fraction of sp³-hybridized carbons (Fsp3) is 0.923. The van der Waals surface area contributed by atoms with Crippen molar-refractivity contribution in [2.75, 3.05) is 0 Å². The molecule has 0 radical (unpaired) electrons. The van der Waals surface area contributed by atoms with Gasteiger partial charge in [-0.3, -0.25) is 4.79 Å². The lowest BCUT2D eigenvalue weighted by atomic mass is 9.67. The summed E-state index contributed by atoms with van der Waals surface area (Å²) in [4.78, 5) is 11.1. The molecule has 0 unspecified atom stereocenters. The molecule has 3 heteroatoms. The number of Topliss-reactive ketones (excluding diaryl/α,β-unsaturated/α-hetero) is 1. The molecule has 16 heavy (non-hydrogen) atoms. The molecule has 1 rings (SSSR count). The van der Waals surface area contributed by atoms with Crippen molar-refractivity contribution < 1.29 is 9.90 Å². The van der Waals surface area contributed by atoms with Crippen LogP contribution in [0, 0.1) is 11.3 Å². The van der Waals surface area contributed by atoms with Crippen LogP contribution < -0.4 is 0 Å². The quantitative estimate of drug-likeness (QED) is 0.760. The lowest BCUT2D eigenvalue weighted by Gasteiger charge is -2.44. The van der Waals surface area contributed by atoms with Crippen LogP contribution in [0.4, 0.5) is 0 Å². The van der Waals surface area contributed by atoms with E-state index in [2.05, 4.69) is 20.8 Å². The molecule has 0 saturated heterocycles. The molecule has 0 aromatic heterocycles. The molecule has 0 aromatic rings. The van der Waals surface area contributed by atoms with Crippen molar-refractivity contribution in [1.82, 2.24) is 0 Å². The van der Waals surface area contributed by atoms with Gasteiger partial charge in [-0.25, -0.2) is 0 Å². The van der Waals surface area contributed by atoms with E-state index < -0.39 is 5.60 Å². The van der Waals surface area contributed by atoms with Gasteiger partial charge in [-0.05, 0) is 37.5 Å². The Morgan fingerprint density at radius 1 is 1.50 bits per heavy atom. The Labute approximate surface area is 103 Å². The number of rotatable bonds is 2. The number of alkyl halides is 1. The molecule has 1 saturated carbocycles. The van der Waals surface area contributed by atoms with Gasteiger partial charge in [0.1, 0.15) is 5.78 Å². The van der Waals surface area contributed by atoms with Crippen molar-refractivity contribution in [2.24, 2.45) is 11.3 Å². The third-order valence-electron chi connectivity index (χ3n) is 3.78. The molecule has 2 nitrogen and oxygen atoms in total. The highest BCUT2D eigenvalue weighted by Crippen LogP contribution is 2.44. The molecule has 3 atom stereocenters. The largest absolute Gasteiger partial charge is 0.388 e. The Kier molecular flexibility index (Phi) is 4.07. The van der Waals surface area contributed by atoms with Crippen molar-refractivity contribution in [3.8, 4) is 0 Å². The lowest BCUT2D eigenvalue weighted by Crippen LogP contribution is -2.47. The summed E-state index contributed by atoms with van der Waals surface area (Å²) in [6.07, 6.45) is 2.59. The van der Waals surface area contributed by atoms with E-state index in [4.69, 9.17) is 11.6 Å². The van der Waals surface area contributed by atoms with E-state index >= 15 is 0 Å². The van der Waals surface area contributed by atoms with Crippen molar-refractivity contribution >= 4 is 17.4 Å². The standard InChI is InChI=1S/C13H23ClO2/c1-9(15)8-13(16)6-5-10(7-11(13)14)12(2,3)4/h10-11,16H,5-8H2,1-4H3/t10-,11-,13-/m0/s1. The fourth-order valence-electron chi connectivity index (χ4n) is 2.58. The van der Waals surface area contributed by atoms with Crippen molar-refractivity contribution in [2.45, 2.75) is 64.4 Å². The predicted molar refractivity (Wildman–Crippen MR) is 66.7 cm³/mol. The zero-order valence-electron chi connectivity index (χ0n) is 10.7. The molecule has 0 spiro atoms. The normalized spacial score (nSPS) is 36.1. The number of carbonyl (C=O) groups excluding carboxylic acids is 1. The zero-order valence-corrected chi connectivity index (χ0v) is 11.5. The van der Waals surface area contributed by atoms with Gasteiger partial charge in [0.05, 0.1) is 11.0 Å². The summed E-state index contributed by atoms with van der Waals surface area (Å²) in [5.74, 6) is 0.546. The SMILES string of the molecule is CC(=O)C[C@@]1(O)CC[C@H](C(C)(C)C)C[C@@H]1Cl. The Morgan fingerprint density at radius 3 is 2.44 bits per heavy atom. The van der Waals surface area contributed by atoms with E-state index in [0.717, 1.165) is 12.8 Å². The summed E-state index contributed by atoms with van der Waals surface area (Å²) in [5, 5.41) is 10.0. The number of carbonyl (C=O) groups is 1. The molecule has 0 aromatic carbocycles. The second-order valence-corrected chi connectivity index (χ2v) is 6.81. The summed E-state index contributed by atoms with van der Waals surface area (Å²) in [6, 6.07) is 0. The monoisotopic (exact) mass is 246 g/mol. The van der Waals surface area contributed by atoms with Crippen molar-refractivity contribution in [1.29, 1.82) is 0 Å². The second kappa shape index (κ2) is 4.66. The van der Waals surface area contributed by atoms with E-state index in [9.17, 15) is 9.90 Å². The smallest absolute Gasteiger partial charge is 0.132 e. The minimum Gasteiger partial charge on any atom is -0.388 e. The van der Waals surface area contributed by atoms with E-state index in [0.29, 0.717) is 12.3 Å². The van der Waals surface area contributed by atoms with Gasteiger partial charge in [0.2, 0.25) is 0 Å². The minimum atomic E-state index is -0.977. The van der Waals surface area contributed by atoms with Gasteiger partial charge in [-0.2, -0.15) is 0 Å². The van der Waals surface area contributed by atoms with Gasteiger partial charge < -0.3 is 5.11 Å². The minimum absolute atomic E-state index is 0.0161. The Morgan fingerprint density at radius 2 is 2.06 bits per heavy atom. The average Bonchev–Trinajstić information content (AvgIpc) is 2.06. The first-order valence-corrected chi connectivity index (χ1v) is 6.45. The van der Waals surface area contributed by atoms with Crippen LogP contribution in [-0.4, -0.2) is 21.9 Å². The molecular weight excluding hydrogens is 224 g/mol. The first-order valence-electron chi connectivity index (χ1n) is 6.01. The lowest BCUT2D eigenvalue weighted by molar-refractivity contribution is -0.123. The van der Waals surface area contributed by atoms with Gasteiger partial charge >= 0.3 is 0 Å². The summed E-state index contributed by atoms with van der Waals surface area (Å²) in [6.45, 7) is 8.13. The number of ketones is 1. The van der Waals surface area contributed by atoms with Crippen LogP contribution in [0.15, 0.2) is 0 Å². The first-order chi connectivity index (χ1) is 7.15. The third-order valence-corrected chi connectivity index (χ3v) is 4.36. The molecule has 1 aliphatic rings. The first kappa shape index (κ1) is 14.0. The van der Waals surface area contributed by atoms with Crippen LogP contribution in [0.1, 0.15) is 53.4 Å². The van der Waals surface area contributed by atoms with Crippen LogP contribution in [0.2, 0.25) is 0 Å². The van der Waals surface area contributed by atoms with Crippen LogP contribution in [0.25, 0.3) is 0 Å². The van der Waals surface area contributed by atoms with Gasteiger partial charge in [0.15, 0.2) is 0 Å². The summed E-state index contributed by atoms with van der Waals surface area (Å²) in [7, 11) is 0. The Balaban J connectivity index is 2.68. The van der Waals surface area contributed by atoms with Crippen molar-refractivity contribution in [3.63, 3.8) is 0 Å². The maximum atomic E-state index is 11.1. The third kappa shape index (κ3) is 3.21. The number of hydrogen-bond donors (Lipinski definition) is 1. The molecule has 94 valence electrons. The van der Waals surface area contributed by atoms with Gasteiger partial charge in [0, 0.05) is 6.42 Å². The summed E-state index contributed by atoms with van der Waals surface area (Å²) < 4.78 is 0. The highest BCUT2D eigenvalue weighted by Gasteiger charge is 2.44. The Bertz CT molecular complexity index is 270. The van der Waals surface area contributed by atoms with E-state index in [1.165, 1.54) is 6.92 Å². The van der Waals surface area contributed by atoms with Crippen molar-refractivity contribution in [3.05, 3.63) is 0 Å². The highest BCUT2D eigenvalue weighted by molar-refractivity contribution is 6.21. The zero-order chi connectivity index (χ0) is 12.6. The molecule has 0 amide bonds. The second-order valence-electron chi connectivity index (χ2n) is 6.29. The molecule has 0 bridgehead atoms. The van der Waals surface area contributed by atoms with Gasteiger partial charge in [-0.1, -0.05) is 20.8 Å². The van der Waals surface area contributed by atoms with Gasteiger partial charge in [-0.15, -0.1) is 11.6 Å². The maximum absolute atomic E-state index is 11.1. The molecular formula is C13H23ClO2. The number of aliphatic hydroxyl groups is 1. The maximum Gasteiger partial charge on any atom is 0.132 e. The molecule has 1 N–H and O–H groups in total. The van der Waals surface area contributed by atoms with Crippen LogP contribution in [0.5, 0.6) is 0 Å². The molecule has 1 fully saturated rings. The van der Waals surface area contributed by atoms with E-state index in [-0.39, 0.29) is 23.0 Å². The topological polar surface area (TPSA) is 37.3 Å². The molecule has 0 heterocycles. The Hall–Kier alpha value is -0.0800. The van der Waals surface area contributed by atoms with Crippen LogP contribution in [0.3, 0.4) is 0 Å². The van der Waals surface area contributed by atoms with Gasteiger partial charge in [0.25, 0.3) is 0 Å². The van der Waals surface area contributed by atoms with E-state index in [1.54, 1.807) is 0 Å². The van der Waals surface area contributed by atoms with Crippen LogP contribution in [-0.2, 0) is 4.79 Å². The van der Waals surface area contributed by atoms with Crippen LogP contribution >= 0.6 is 11.6 Å². The number of hydrogen-bond acceptors (Lipinski definition) is 2. The van der Waals surface area contributed by atoms with E-state index in [1.807, 2.05) is 0 Å².